The van der Waals surface area contributed by atoms with Crippen LogP contribution in [0.5, 0.6) is 0 Å². The van der Waals surface area contributed by atoms with Gasteiger partial charge in [0, 0.05) is 30.8 Å². The molecule has 2 amide bonds. The predicted octanol–water partition coefficient (Wildman–Crippen LogP) is 4.00. The second kappa shape index (κ2) is 9.09. The molecule has 0 aliphatic carbocycles. The number of aromatic amines is 1. The number of halogens is 2. The molecule has 31 heavy (non-hydrogen) atoms. The smallest absolute Gasteiger partial charge is 0.255 e. The summed E-state index contributed by atoms with van der Waals surface area (Å²) in [4.78, 5) is 34.8. The van der Waals surface area contributed by atoms with Gasteiger partial charge in [-0.1, -0.05) is 35.4 Å². The van der Waals surface area contributed by atoms with Crippen LogP contribution in [-0.4, -0.2) is 53.5 Å². The molecule has 0 unspecified atom stereocenters. The molecule has 1 aliphatic rings. The zero-order valence-corrected chi connectivity index (χ0v) is 18.2. The van der Waals surface area contributed by atoms with Gasteiger partial charge in [0.15, 0.2) is 0 Å². The summed E-state index contributed by atoms with van der Waals surface area (Å²) in [5.41, 5.74) is 2.20. The van der Waals surface area contributed by atoms with Gasteiger partial charge in [-0.3, -0.25) is 9.59 Å². The van der Waals surface area contributed by atoms with E-state index in [1.807, 2.05) is 12.2 Å². The number of carbonyl (C=O) groups excluding carboxylic acids is 2. The molecule has 0 radical (unpaired) electrons. The van der Waals surface area contributed by atoms with Gasteiger partial charge in [0.2, 0.25) is 0 Å². The summed E-state index contributed by atoms with van der Waals surface area (Å²) in [6.07, 6.45) is 3.85. The first kappa shape index (κ1) is 21.4. The summed E-state index contributed by atoms with van der Waals surface area (Å²) in [5, 5.41) is 3.72. The van der Waals surface area contributed by atoms with Crippen LogP contribution in [0.25, 0.3) is 11.0 Å². The van der Waals surface area contributed by atoms with Crippen LogP contribution in [-0.2, 0) is 4.74 Å². The average Bonchev–Trinajstić information content (AvgIpc) is 3.42. The molecular weight excluding hydrogens is 439 g/mol. The molecule has 0 saturated heterocycles. The third kappa shape index (κ3) is 4.58. The topological polar surface area (TPSA) is 87.3 Å². The Balaban J connectivity index is 1.53. The molecule has 7 nitrogen and oxygen atoms in total. The normalized spacial score (nSPS) is 14.2. The number of rotatable bonds is 6. The van der Waals surface area contributed by atoms with Crippen LogP contribution in [0.1, 0.15) is 32.6 Å². The Hall–Kier alpha value is -2.87. The Bertz CT molecular complexity index is 1170. The molecule has 2 aromatic carbocycles. The lowest BCUT2D eigenvalue weighted by molar-refractivity contribution is 0.0799. The number of methoxy groups -OCH3 is 1. The van der Waals surface area contributed by atoms with Crippen molar-refractivity contribution >= 4 is 46.0 Å². The van der Waals surface area contributed by atoms with Crippen molar-refractivity contribution in [2.24, 2.45) is 0 Å². The summed E-state index contributed by atoms with van der Waals surface area (Å²) in [7, 11) is 1.54. The van der Waals surface area contributed by atoms with Crippen molar-refractivity contribution in [3.05, 3.63) is 75.5 Å². The van der Waals surface area contributed by atoms with Crippen LogP contribution < -0.4 is 5.32 Å². The maximum absolute atomic E-state index is 12.9. The second-order valence-electron chi connectivity index (χ2n) is 7.14. The first-order chi connectivity index (χ1) is 15.0. The van der Waals surface area contributed by atoms with E-state index in [1.54, 1.807) is 42.3 Å². The van der Waals surface area contributed by atoms with Crippen molar-refractivity contribution in [3.63, 3.8) is 0 Å². The molecule has 0 bridgehead atoms. The van der Waals surface area contributed by atoms with Gasteiger partial charge in [-0.15, -0.1) is 0 Å². The fourth-order valence-electron chi connectivity index (χ4n) is 3.41. The number of hydrogen-bond acceptors (Lipinski definition) is 4. The number of fused-ring (bicyclic) bond motifs is 1. The maximum Gasteiger partial charge on any atom is 0.255 e. The SMILES string of the molecule is COC[C@H](NC(=O)c1ccc(C(=O)N2CC=CC2)c(Cl)c1)c1nc2ccc(Cl)cc2[nH]1. The minimum atomic E-state index is -0.514. The summed E-state index contributed by atoms with van der Waals surface area (Å²) < 4.78 is 5.26. The highest BCUT2D eigenvalue weighted by atomic mass is 35.5. The minimum absolute atomic E-state index is 0.167. The van der Waals surface area contributed by atoms with Gasteiger partial charge >= 0.3 is 0 Å². The third-order valence-electron chi connectivity index (χ3n) is 5.00. The van der Waals surface area contributed by atoms with Gasteiger partial charge in [0.25, 0.3) is 11.8 Å². The zero-order valence-electron chi connectivity index (χ0n) is 16.7. The van der Waals surface area contributed by atoms with E-state index in [1.165, 1.54) is 6.07 Å². The number of hydrogen-bond donors (Lipinski definition) is 2. The van der Waals surface area contributed by atoms with Crippen LogP contribution in [0.3, 0.4) is 0 Å². The van der Waals surface area contributed by atoms with E-state index in [0.717, 1.165) is 11.0 Å². The molecule has 2 heterocycles. The van der Waals surface area contributed by atoms with E-state index < -0.39 is 6.04 Å². The second-order valence-corrected chi connectivity index (χ2v) is 7.98. The number of amides is 2. The third-order valence-corrected chi connectivity index (χ3v) is 5.55. The lowest BCUT2D eigenvalue weighted by Gasteiger charge is -2.18. The highest BCUT2D eigenvalue weighted by Gasteiger charge is 2.22. The fourth-order valence-corrected chi connectivity index (χ4v) is 3.84. The maximum atomic E-state index is 12.9. The van der Waals surface area contributed by atoms with E-state index in [2.05, 4.69) is 15.3 Å². The van der Waals surface area contributed by atoms with Crippen molar-refractivity contribution in [2.75, 3.05) is 26.8 Å². The number of nitrogens with zero attached hydrogens (tertiary/aromatic N) is 2. The molecule has 1 aromatic heterocycles. The molecule has 2 N–H and O–H groups in total. The lowest BCUT2D eigenvalue weighted by atomic mass is 10.1. The summed E-state index contributed by atoms with van der Waals surface area (Å²) >= 11 is 12.4. The molecule has 4 rings (SSSR count). The molecular formula is C22H20Cl2N4O3. The number of nitrogens with one attached hydrogen (secondary N) is 2. The Kier molecular flexibility index (Phi) is 6.27. The number of imidazole rings is 1. The summed E-state index contributed by atoms with van der Waals surface area (Å²) in [5.74, 6) is 0.0244. The fraction of sp³-hybridized carbons (Fsp3) is 0.227. The average molecular weight is 459 g/mol. The molecule has 1 aliphatic heterocycles. The summed E-state index contributed by atoms with van der Waals surface area (Å²) in [6.45, 7) is 1.32. The van der Waals surface area contributed by atoms with Crippen LogP contribution in [0.15, 0.2) is 48.6 Å². The summed E-state index contributed by atoms with van der Waals surface area (Å²) in [6, 6.07) is 9.46. The van der Waals surface area contributed by atoms with Gasteiger partial charge < -0.3 is 19.9 Å². The van der Waals surface area contributed by atoms with Crippen molar-refractivity contribution in [2.45, 2.75) is 6.04 Å². The van der Waals surface area contributed by atoms with E-state index in [4.69, 9.17) is 27.9 Å². The molecule has 160 valence electrons. The number of carbonyl (C=O) groups is 2. The first-order valence-electron chi connectivity index (χ1n) is 9.65. The molecule has 0 fully saturated rings. The van der Waals surface area contributed by atoms with Gasteiger partial charge in [-0.05, 0) is 36.4 Å². The molecule has 9 heteroatoms. The number of aromatic nitrogens is 2. The van der Waals surface area contributed by atoms with Gasteiger partial charge in [0.05, 0.1) is 28.2 Å². The van der Waals surface area contributed by atoms with E-state index >= 15 is 0 Å². The van der Waals surface area contributed by atoms with Crippen molar-refractivity contribution in [1.29, 1.82) is 0 Å². The van der Waals surface area contributed by atoms with Crippen molar-refractivity contribution in [3.8, 4) is 0 Å². The van der Waals surface area contributed by atoms with Crippen LogP contribution in [0, 0.1) is 0 Å². The quantitative estimate of drug-likeness (QED) is 0.546. The van der Waals surface area contributed by atoms with Crippen LogP contribution in [0.4, 0.5) is 0 Å². The zero-order chi connectivity index (χ0) is 22.0. The Morgan fingerprint density at radius 2 is 1.97 bits per heavy atom. The monoisotopic (exact) mass is 458 g/mol. The standard InChI is InChI=1S/C22H20Cl2N4O3/c1-31-12-19(20-25-17-7-5-14(23)11-18(17)26-20)27-21(29)13-4-6-15(16(24)10-13)22(30)28-8-2-3-9-28/h2-7,10-11,19H,8-9,12H2,1H3,(H,25,26)(H,27,29)/t19-/m0/s1. The largest absolute Gasteiger partial charge is 0.382 e. The van der Waals surface area contributed by atoms with Crippen LogP contribution >= 0.6 is 23.2 Å². The predicted molar refractivity (Wildman–Crippen MR) is 120 cm³/mol. The highest BCUT2D eigenvalue weighted by Crippen LogP contribution is 2.23. The number of H-pyrrole nitrogens is 1. The van der Waals surface area contributed by atoms with Crippen molar-refractivity contribution < 1.29 is 14.3 Å². The van der Waals surface area contributed by atoms with Gasteiger partial charge in [-0.2, -0.15) is 0 Å². The van der Waals surface area contributed by atoms with Crippen LogP contribution in [0.2, 0.25) is 10.0 Å². The first-order valence-corrected chi connectivity index (χ1v) is 10.4. The number of benzene rings is 2. The Morgan fingerprint density at radius 3 is 2.68 bits per heavy atom. The lowest BCUT2D eigenvalue weighted by Crippen LogP contribution is -2.32. The van der Waals surface area contributed by atoms with Gasteiger partial charge in [0.1, 0.15) is 11.9 Å². The van der Waals surface area contributed by atoms with E-state index in [9.17, 15) is 9.59 Å². The van der Waals surface area contributed by atoms with E-state index in [-0.39, 0.29) is 23.4 Å². The molecule has 0 spiro atoms. The highest BCUT2D eigenvalue weighted by molar-refractivity contribution is 6.34. The minimum Gasteiger partial charge on any atom is -0.382 e. The van der Waals surface area contributed by atoms with E-state index in [0.29, 0.717) is 35.1 Å². The number of ether oxygens (including phenoxy) is 1. The molecule has 3 aromatic rings. The molecule has 0 saturated carbocycles. The molecule has 1 atom stereocenters. The Morgan fingerprint density at radius 1 is 1.19 bits per heavy atom. The van der Waals surface area contributed by atoms with Crippen molar-refractivity contribution in [1.82, 2.24) is 20.2 Å². The Labute approximate surface area is 189 Å². The van der Waals surface area contributed by atoms with Gasteiger partial charge in [-0.25, -0.2) is 4.98 Å².